The van der Waals surface area contributed by atoms with E-state index in [1.54, 1.807) is 27.7 Å². The Kier molecular flexibility index (Phi) is 16.7. The molecule has 0 aromatic rings. The molecule has 9 heteroatoms. The van der Waals surface area contributed by atoms with Gasteiger partial charge in [-0.05, 0) is 20.3 Å². The molecule has 0 saturated heterocycles. The first-order valence-corrected chi connectivity index (χ1v) is 11.3. The van der Waals surface area contributed by atoms with Crippen molar-refractivity contribution in [1.82, 2.24) is 5.32 Å². The summed E-state index contributed by atoms with van der Waals surface area (Å²) in [6.45, 7) is 14.3. The molecule has 0 aliphatic rings. The number of rotatable bonds is 21. The highest BCUT2D eigenvalue weighted by Crippen LogP contribution is 2.18. The standard InChI is InChI=1S/C23H44FNO7/c1-19(2)21(27)25-17-20(24)23(5,6)32-16-15-31-14-13-30-12-11-29-10-9-28-8-7-22(3,4)18-26/h18-20H,7-17H2,1-6H3,(H,25,27). The minimum absolute atomic E-state index is 0.0781. The maximum absolute atomic E-state index is 14.3. The van der Waals surface area contributed by atoms with Gasteiger partial charge in [0.25, 0.3) is 0 Å². The van der Waals surface area contributed by atoms with Crippen LogP contribution < -0.4 is 5.32 Å². The lowest BCUT2D eigenvalue weighted by Crippen LogP contribution is -2.45. The zero-order valence-corrected chi connectivity index (χ0v) is 20.7. The van der Waals surface area contributed by atoms with E-state index in [0.717, 1.165) is 6.29 Å². The van der Waals surface area contributed by atoms with Gasteiger partial charge in [0.1, 0.15) is 12.5 Å². The Hall–Kier alpha value is -1.13. The van der Waals surface area contributed by atoms with Gasteiger partial charge in [0, 0.05) is 17.9 Å². The second-order valence-corrected chi connectivity index (χ2v) is 9.13. The van der Waals surface area contributed by atoms with E-state index < -0.39 is 11.8 Å². The first-order valence-electron chi connectivity index (χ1n) is 11.3. The molecule has 0 aliphatic heterocycles. The molecule has 1 atom stereocenters. The first-order chi connectivity index (χ1) is 15.0. The van der Waals surface area contributed by atoms with Crippen molar-refractivity contribution in [2.24, 2.45) is 11.3 Å². The maximum atomic E-state index is 14.3. The van der Waals surface area contributed by atoms with Gasteiger partial charge >= 0.3 is 0 Å². The fraction of sp³-hybridized carbons (Fsp3) is 0.913. The number of alkyl halides is 1. The molecule has 0 rings (SSSR count). The smallest absolute Gasteiger partial charge is 0.222 e. The SMILES string of the molecule is CC(C)C(=O)NCC(F)C(C)(C)OCCOCCOCCOCCOCCC(C)(C)C=O. The molecule has 0 aromatic carbocycles. The molecule has 0 spiro atoms. The van der Waals surface area contributed by atoms with E-state index in [4.69, 9.17) is 23.7 Å². The number of nitrogens with one attached hydrogen (secondary N) is 1. The molecule has 1 unspecified atom stereocenters. The molecule has 8 nitrogen and oxygen atoms in total. The number of amides is 1. The highest BCUT2D eigenvalue weighted by molar-refractivity contribution is 5.77. The maximum Gasteiger partial charge on any atom is 0.222 e. The fourth-order valence-electron chi connectivity index (χ4n) is 2.25. The molecule has 0 saturated carbocycles. The lowest BCUT2D eigenvalue weighted by molar-refractivity contribution is -0.125. The van der Waals surface area contributed by atoms with Gasteiger partial charge in [-0.25, -0.2) is 4.39 Å². The van der Waals surface area contributed by atoms with Crippen LogP contribution in [0, 0.1) is 11.3 Å². The zero-order valence-electron chi connectivity index (χ0n) is 20.7. The van der Waals surface area contributed by atoms with Crippen LogP contribution in [0.3, 0.4) is 0 Å². The summed E-state index contributed by atoms with van der Waals surface area (Å²) in [6.07, 6.45) is 0.313. The molecule has 1 N–H and O–H groups in total. The third-order valence-corrected chi connectivity index (χ3v) is 4.76. The second kappa shape index (κ2) is 17.4. The summed E-state index contributed by atoms with van der Waals surface area (Å²) in [5.74, 6) is -0.360. The van der Waals surface area contributed by atoms with Crippen LogP contribution >= 0.6 is 0 Å². The molecule has 0 heterocycles. The van der Waals surface area contributed by atoms with Crippen LogP contribution in [0.1, 0.15) is 48.0 Å². The Morgan fingerprint density at radius 2 is 1.28 bits per heavy atom. The average molecular weight is 466 g/mol. The zero-order chi connectivity index (χ0) is 24.5. The van der Waals surface area contributed by atoms with Crippen LogP contribution in [0.5, 0.6) is 0 Å². The number of aldehydes is 1. The van der Waals surface area contributed by atoms with Gasteiger partial charge in [0.15, 0.2) is 0 Å². The predicted octanol–water partition coefficient (Wildman–Crippen LogP) is 2.57. The molecule has 0 aliphatic carbocycles. The van der Waals surface area contributed by atoms with E-state index in [9.17, 15) is 14.0 Å². The monoisotopic (exact) mass is 465 g/mol. The normalized spacial score (nSPS) is 13.4. The van der Waals surface area contributed by atoms with Crippen molar-refractivity contribution in [1.29, 1.82) is 0 Å². The molecule has 190 valence electrons. The van der Waals surface area contributed by atoms with Crippen LogP contribution in [0.25, 0.3) is 0 Å². The highest BCUT2D eigenvalue weighted by Gasteiger charge is 2.30. The van der Waals surface area contributed by atoms with Crippen LogP contribution in [0.4, 0.5) is 4.39 Å². The van der Waals surface area contributed by atoms with E-state index in [0.29, 0.717) is 59.3 Å². The van der Waals surface area contributed by atoms with Gasteiger partial charge < -0.3 is 33.8 Å². The number of hydrogen-bond donors (Lipinski definition) is 1. The van der Waals surface area contributed by atoms with Crippen molar-refractivity contribution in [2.45, 2.75) is 59.7 Å². The average Bonchev–Trinajstić information content (AvgIpc) is 2.74. The second-order valence-electron chi connectivity index (χ2n) is 9.13. The van der Waals surface area contributed by atoms with Crippen LogP contribution in [-0.2, 0) is 33.3 Å². The van der Waals surface area contributed by atoms with Crippen molar-refractivity contribution < 1.29 is 37.7 Å². The summed E-state index contributed by atoms with van der Waals surface area (Å²) in [4.78, 5) is 22.3. The summed E-state index contributed by atoms with van der Waals surface area (Å²) in [5, 5.41) is 2.58. The lowest BCUT2D eigenvalue weighted by atomic mass is 9.92. The molecular weight excluding hydrogens is 421 g/mol. The Labute approximate surface area is 192 Å². The van der Waals surface area contributed by atoms with Crippen molar-refractivity contribution >= 4 is 12.2 Å². The van der Waals surface area contributed by atoms with Gasteiger partial charge in [-0.15, -0.1) is 0 Å². The van der Waals surface area contributed by atoms with Crippen LogP contribution in [0.2, 0.25) is 0 Å². The fourth-order valence-corrected chi connectivity index (χ4v) is 2.25. The van der Waals surface area contributed by atoms with E-state index in [1.807, 2.05) is 13.8 Å². The molecule has 0 bridgehead atoms. The minimum atomic E-state index is -1.32. The summed E-state index contributed by atoms with van der Waals surface area (Å²) < 4.78 is 41.5. The Bertz CT molecular complexity index is 501. The molecule has 0 radical (unpaired) electrons. The van der Waals surface area contributed by atoms with Crippen LogP contribution in [0.15, 0.2) is 0 Å². The summed E-state index contributed by atoms with van der Waals surface area (Å²) >= 11 is 0. The van der Waals surface area contributed by atoms with Crippen molar-refractivity contribution in [3.63, 3.8) is 0 Å². The van der Waals surface area contributed by atoms with Crippen molar-refractivity contribution in [2.75, 3.05) is 66.0 Å². The quantitative estimate of drug-likeness (QED) is 0.206. The Morgan fingerprint density at radius 1 is 0.844 bits per heavy atom. The number of carbonyl (C=O) groups is 2. The van der Waals surface area contributed by atoms with E-state index >= 15 is 0 Å². The molecule has 32 heavy (non-hydrogen) atoms. The first kappa shape index (κ1) is 30.9. The number of ether oxygens (including phenoxy) is 5. The van der Waals surface area contributed by atoms with E-state index in [-0.39, 0.29) is 30.4 Å². The van der Waals surface area contributed by atoms with Gasteiger partial charge in [-0.1, -0.05) is 27.7 Å². The van der Waals surface area contributed by atoms with Crippen LogP contribution in [-0.4, -0.2) is 90.0 Å². The highest BCUT2D eigenvalue weighted by atomic mass is 19.1. The third kappa shape index (κ3) is 16.5. The van der Waals surface area contributed by atoms with Gasteiger partial charge in [0.2, 0.25) is 5.91 Å². The summed E-state index contributed by atoms with van der Waals surface area (Å²) in [6, 6.07) is 0. The molecule has 0 aromatic heterocycles. The van der Waals surface area contributed by atoms with Gasteiger partial charge in [0.05, 0.1) is 65.0 Å². The molecular formula is C23H44FNO7. The predicted molar refractivity (Wildman–Crippen MR) is 121 cm³/mol. The number of hydrogen-bond acceptors (Lipinski definition) is 7. The van der Waals surface area contributed by atoms with E-state index in [1.165, 1.54) is 0 Å². The van der Waals surface area contributed by atoms with Gasteiger partial charge in [-0.3, -0.25) is 4.79 Å². The molecule has 0 fully saturated rings. The lowest BCUT2D eigenvalue weighted by Gasteiger charge is -2.29. The van der Waals surface area contributed by atoms with Crippen molar-refractivity contribution in [3.05, 3.63) is 0 Å². The Balaban J connectivity index is 3.51. The summed E-state index contributed by atoms with van der Waals surface area (Å²) in [5.41, 5.74) is -1.36. The number of carbonyl (C=O) groups excluding carboxylic acids is 2. The largest absolute Gasteiger partial charge is 0.379 e. The van der Waals surface area contributed by atoms with Gasteiger partial charge in [-0.2, -0.15) is 0 Å². The minimum Gasteiger partial charge on any atom is -0.379 e. The number of halogens is 1. The Morgan fingerprint density at radius 3 is 1.72 bits per heavy atom. The molecule has 1 amide bonds. The third-order valence-electron chi connectivity index (χ3n) is 4.76. The topological polar surface area (TPSA) is 92.3 Å². The summed E-state index contributed by atoms with van der Waals surface area (Å²) in [7, 11) is 0. The van der Waals surface area contributed by atoms with Crippen molar-refractivity contribution in [3.8, 4) is 0 Å². The van der Waals surface area contributed by atoms with E-state index in [2.05, 4.69) is 5.32 Å².